The van der Waals surface area contributed by atoms with Gasteiger partial charge in [0.2, 0.25) is 0 Å². The van der Waals surface area contributed by atoms with Gasteiger partial charge in [-0.2, -0.15) is 0 Å². The summed E-state index contributed by atoms with van der Waals surface area (Å²) in [5, 5.41) is 0. The fourth-order valence-corrected chi connectivity index (χ4v) is 8.23. The number of esters is 3. The Balaban J connectivity index is 4.32. The number of hydrogen-bond donors (Lipinski definition) is 0. The van der Waals surface area contributed by atoms with Gasteiger partial charge in [-0.05, 0) is 122 Å². The Morgan fingerprint density at radius 1 is 0.276 bits per heavy atom. The van der Waals surface area contributed by atoms with Crippen LogP contribution in [0.25, 0.3) is 0 Å². The second-order valence-electron chi connectivity index (χ2n) is 20.2. The molecule has 0 saturated heterocycles. The van der Waals surface area contributed by atoms with Crippen LogP contribution in [0.1, 0.15) is 271 Å². The molecule has 0 bridgehead atoms. The van der Waals surface area contributed by atoms with Gasteiger partial charge in [-0.3, -0.25) is 14.4 Å². The third-order valence-corrected chi connectivity index (χ3v) is 12.9. The van der Waals surface area contributed by atoms with Gasteiger partial charge in [0.05, 0.1) is 0 Å². The lowest BCUT2D eigenvalue weighted by molar-refractivity contribution is -0.167. The summed E-state index contributed by atoms with van der Waals surface area (Å²) in [4.78, 5) is 38.1. The van der Waals surface area contributed by atoms with Gasteiger partial charge in [-0.1, -0.05) is 264 Å². The number of carbonyl (C=O) groups excluding carboxylic acids is 3. The molecule has 0 saturated carbocycles. The molecule has 1 unspecified atom stereocenters. The van der Waals surface area contributed by atoms with Gasteiger partial charge in [0.25, 0.3) is 0 Å². The fourth-order valence-electron chi connectivity index (χ4n) is 8.23. The Hall–Kier alpha value is -4.45. The zero-order chi connectivity index (χ0) is 55.0. The second-order valence-corrected chi connectivity index (χ2v) is 20.2. The van der Waals surface area contributed by atoms with Crippen molar-refractivity contribution in [2.24, 2.45) is 0 Å². The normalized spacial score (nSPS) is 13.0. The van der Waals surface area contributed by atoms with Crippen molar-refractivity contribution in [3.8, 4) is 0 Å². The minimum atomic E-state index is -0.798. The van der Waals surface area contributed by atoms with E-state index in [1.165, 1.54) is 96.3 Å². The molecule has 0 aliphatic rings. The molecule has 0 heterocycles. The quantitative estimate of drug-likeness (QED) is 0.0261. The SMILES string of the molecule is CC/C=C\C/C=C\C/C=C\C/C=C\C/C=C\C/C=C\C/C=C\C/C=C\C/C=C\CCCCCC(=O)OCC(COC(=O)CCCCCCCCCCC)OC(=O)CCCCCCCCC/C=C\C/C=C\CCCCCC. The highest BCUT2D eigenvalue weighted by Crippen LogP contribution is 2.14. The molecule has 6 nitrogen and oxygen atoms in total. The van der Waals surface area contributed by atoms with Crippen molar-refractivity contribution in [1.29, 1.82) is 0 Å². The molecular weight excluding hydrogens is 937 g/mol. The molecule has 0 rings (SSSR count). The topological polar surface area (TPSA) is 78.9 Å². The Morgan fingerprint density at radius 3 is 0.829 bits per heavy atom. The molecule has 6 heteroatoms. The van der Waals surface area contributed by atoms with Crippen LogP contribution in [0.3, 0.4) is 0 Å². The summed E-state index contributed by atoms with van der Waals surface area (Å²) in [6.45, 7) is 6.45. The average molecular weight is 1050 g/mol. The first kappa shape index (κ1) is 71.5. The molecule has 1 atom stereocenters. The van der Waals surface area contributed by atoms with Crippen molar-refractivity contribution in [2.75, 3.05) is 13.2 Å². The first-order chi connectivity index (χ1) is 37.5. The number of rotatable bonds is 55. The molecule has 0 spiro atoms. The van der Waals surface area contributed by atoms with Gasteiger partial charge >= 0.3 is 17.9 Å². The van der Waals surface area contributed by atoms with E-state index in [4.69, 9.17) is 14.2 Å². The molecule has 0 radical (unpaired) electrons. The van der Waals surface area contributed by atoms with E-state index >= 15 is 0 Å². The van der Waals surface area contributed by atoms with Crippen molar-refractivity contribution in [1.82, 2.24) is 0 Å². The van der Waals surface area contributed by atoms with Crippen LogP contribution in [0.2, 0.25) is 0 Å². The zero-order valence-electron chi connectivity index (χ0n) is 49.2. The van der Waals surface area contributed by atoms with Crippen molar-refractivity contribution in [2.45, 2.75) is 277 Å². The van der Waals surface area contributed by atoms with E-state index in [9.17, 15) is 14.4 Å². The molecule has 0 amide bonds. The highest BCUT2D eigenvalue weighted by atomic mass is 16.6. The number of hydrogen-bond acceptors (Lipinski definition) is 6. The van der Waals surface area contributed by atoms with Crippen LogP contribution < -0.4 is 0 Å². The average Bonchev–Trinajstić information content (AvgIpc) is 3.42. The summed E-state index contributed by atoms with van der Waals surface area (Å²) in [6, 6.07) is 0. The van der Waals surface area contributed by atoms with Gasteiger partial charge in [0.1, 0.15) is 13.2 Å². The largest absolute Gasteiger partial charge is 0.462 e. The molecule has 76 heavy (non-hydrogen) atoms. The Labute approximate surface area is 468 Å². The summed E-state index contributed by atoms with van der Waals surface area (Å²) in [6.07, 6.45) is 88.9. The maximum absolute atomic E-state index is 12.9. The second kappa shape index (κ2) is 63.1. The van der Waals surface area contributed by atoms with Crippen LogP contribution in [0.4, 0.5) is 0 Å². The molecule has 0 fully saturated rings. The predicted octanol–water partition coefficient (Wildman–Crippen LogP) is 21.4. The van der Waals surface area contributed by atoms with E-state index in [1.807, 2.05) is 0 Å². The minimum Gasteiger partial charge on any atom is -0.462 e. The Kier molecular flexibility index (Phi) is 59.4. The van der Waals surface area contributed by atoms with E-state index < -0.39 is 6.10 Å². The number of carbonyl (C=O) groups is 3. The lowest BCUT2D eigenvalue weighted by atomic mass is 10.1. The zero-order valence-corrected chi connectivity index (χ0v) is 49.2. The molecule has 0 N–H and O–H groups in total. The maximum Gasteiger partial charge on any atom is 0.306 e. The number of unbranched alkanes of at least 4 members (excludes halogenated alkanes) is 22. The van der Waals surface area contributed by atoms with E-state index in [2.05, 4.69) is 154 Å². The van der Waals surface area contributed by atoms with Crippen LogP contribution in [0, 0.1) is 0 Å². The van der Waals surface area contributed by atoms with Gasteiger partial charge in [0.15, 0.2) is 6.10 Å². The third kappa shape index (κ3) is 60.4. The predicted molar refractivity (Wildman–Crippen MR) is 329 cm³/mol. The van der Waals surface area contributed by atoms with Crippen molar-refractivity contribution >= 4 is 17.9 Å². The highest BCUT2D eigenvalue weighted by molar-refractivity contribution is 5.71. The minimum absolute atomic E-state index is 0.0937. The summed E-state index contributed by atoms with van der Waals surface area (Å²) in [5.74, 6) is -0.939. The van der Waals surface area contributed by atoms with E-state index in [-0.39, 0.29) is 31.1 Å². The molecule has 0 aromatic rings. The van der Waals surface area contributed by atoms with Gasteiger partial charge in [-0.25, -0.2) is 0 Å². The molecule has 0 aliphatic heterocycles. The maximum atomic E-state index is 12.9. The molecule has 0 aromatic carbocycles. The molecular formula is C70H114O6. The number of ether oxygens (including phenoxy) is 3. The summed E-state index contributed by atoms with van der Waals surface area (Å²) >= 11 is 0. The van der Waals surface area contributed by atoms with Crippen LogP contribution in [0.5, 0.6) is 0 Å². The molecule has 0 aromatic heterocycles. The van der Waals surface area contributed by atoms with Crippen molar-refractivity contribution < 1.29 is 28.6 Å². The lowest BCUT2D eigenvalue weighted by Crippen LogP contribution is -2.30. The summed E-state index contributed by atoms with van der Waals surface area (Å²) < 4.78 is 16.8. The van der Waals surface area contributed by atoms with Crippen molar-refractivity contribution in [3.63, 3.8) is 0 Å². The molecule has 0 aliphatic carbocycles. The van der Waals surface area contributed by atoms with Gasteiger partial charge in [-0.15, -0.1) is 0 Å². The third-order valence-electron chi connectivity index (χ3n) is 12.9. The van der Waals surface area contributed by atoms with Crippen LogP contribution in [0.15, 0.2) is 134 Å². The smallest absolute Gasteiger partial charge is 0.306 e. The van der Waals surface area contributed by atoms with Gasteiger partial charge < -0.3 is 14.2 Å². The Bertz CT molecular complexity index is 1630. The lowest BCUT2D eigenvalue weighted by Gasteiger charge is -2.18. The van der Waals surface area contributed by atoms with Crippen LogP contribution >= 0.6 is 0 Å². The first-order valence-electron chi connectivity index (χ1n) is 31.2. The van der Waals surface area contributed by atoms with E-state index in [1.54, 1.807) is 0 Å². The highest BCUT2D eigenvalue weighted by Gasteiger charge is 2.19. The fraction of sp³-hybridized carbons (Fsp3) is 0.643. The monoisotopic (exact) mass is 1050 g/mol. The van der Waals surface area contributed by atoms with E-state index in [0.29, 0.717) is 19.3 Å². The van der Waals surface area contributed by atoms with E-state index in [0.717, 1.165) is 135 Å². The summed E-state index contributed by atoms with van der Waals surface area (Å²) in [7, 11) is 0. The van der Waals surface area contributed by atoms with Crippen molar-refractivity contribution in [3.05, 3.63) is 134 Å². The standard InChI is InChI=1S/C70H114O6/c1-4-7-10-13-16-19-21-23-25-27-29-30-31-32-33-34-35-36-37-38-39-40-41-43-44-46-48-51-54-57-60-63-69(72)75-66-67(65-74-68(71)62-59-56-53-50-18-15-12-9-6-3)76-70(73)64-61-58-55-52-49-47-45-42-28-26-24-22-20-17-14-11-8-5-2/h7,10,16,19-20,22-23,25-26,28-30,32-33,35-36,38-39,41,43,46,48,67H,4-6,8-9,11-15,17-18,21,24,27,31,34,37,40,42,44-45,47,49-66H2,1-3H3/b10-7-,19-16-,22-20-,25-23-,28-26-,30-29-,33-32-,36-35-,39-38-,43-41-,48-46-. The Morgan fingerprint density at radius 2 is 0.513 bits per heavy atom. The molecule has 430 valence electrons. The van der Waals surface area contributed by atoms with Crippen LogP contribution in [-0.2, 0) is 28.6 Å². The first-order valence-corrected chi connectivity index (χ1v) is 31.2. The number of allylic oxidation sites excluding steroid dienone is 22. The summed E-state index contributed by atoms with van der Waals surface area (Å²) in [5.41, 5.74) is 0. The van der Waals surface area contributed by atoms with Crippen LogP contribution in [-0.4, -0.2) is 37.2 Å². The van der Waals surface area contributed by atoms with Gasteiger partial charge in [0, 0.05) is 19.3 Å².